The molecule has 1 aromatic carbocycles. The first-order chi connectivity index (χ1) is 20.5. The van der Waals surface area contributed by atoms with Gasteiger partial charge in [-0.3, -0.25) is 9.48 Å². The molecule has 0 bridgehead atoms. The second-order valence-electron chi connectivity index (χ2n) is 10.3. The lowest BCUT2D eigenvalue weighted by Gasteiger charge is -2.31. The van der Waals surface area contributed by atoms with Gasteiger partial charge in [-0.25, -0.2) is 14.2 Å². The van der Waals surface area contributed by atoms with Crippen molar-refractivity contribution in [3.8, 4) is 5.75 Å². The number of ether oxygens (including phenoxy) is 2. The molecule has 0 radical (unpaired) electrons. The summed E-state index contributed by atoms with van der Waals surface area (Å²) < 4.78 is 64.2. The molecular weight excluding hydrogens is 594 g/mol. The van der Waals surface area contributed by atoms with Crippen molar-refractivity contribution in [1.82, 2.24) is 19.7 Å². The van der Waals surface area contributed by atoms with Crippen molar-refractivity contribution in [3.05, 3.63) is 63.1 Å². The van der Waals surface area contributed by atoms with Gasteiger partial charge in [0.1, 0.15) is 18.4 Å². The molecule has 0 saturated carbocycles. The Labute approximate surface area is 248 Å². The molecule has 0 N–H and O–H groups in total. The van der Waals surface area contributed by atoms with Crippen LogP contribution in [0.2, 0.25) is 0 Å². The highest BCUT2D eigenvalue weighted by Gasteiger charge is 2.35. The Morgan fingerprint density at radius 2 is 1.95 bits per heavy atom. The van der Waals surface area contributed by atoms with E-state index in [2.05, 4.69) is 15.0 Å². The Bertz CT molecular complexity index is 1510. The van der Waals surface area contributed by atoms with E-state index < -0.39 is 23.7 Å². The maximum atomic E-state index is 14.2. The molecule has 1 fully saturated rings. The summed E-state index contributed by atoms with van der Waals surface area (Å²) in [7, 11) is 1.22. The number of carbonyl (C=O) groups excluding carboxylic acids is 2. The monoisotopic (exact) mass is 623 g/mol. The van der Waals surface area contributed by atoms with Gasteiger partial charge in [0.2, 0.25) is 5.91 Å². The third-order valence-corrected chi connectivity index (χ3v) is 8.36. The van der Waals surface area contributed by atoms with Gasteiger partial charge in [-0.05, 0) is 44.0 Å². The van der Waals surface area contributed by atoms with Crippen LogP contribution in [-0.2, 0) is 27.1 Å². The van der Waals surface area contributed by atoms with Gasteiger partial charge in [0.15, 0.2) is 17.3 Å². The molecule has 5 rings (SSSR count). The molecule has 2 aliphatic heterocycles. The number of esters is 1. The molecule has 10 nitrogen and oxygen atoms in total. The molecule has 1 unspecified atom stereocenters. The van der Waals surface area contributed by atoms with E-state index >= 15 is 0 Å². The predicted molar refractivity (Wildman–Crippen MR) is 147 cm³/mol. The molecular formula is C28H29F4N5O5S. The Morgan fingerprint density at radius 3 is 2.63 bits per heavy atom. The van der Waals surface area contributed by atoms with Gasteiger partial charge in [-0.15, -0.1) is 11.3 Å². The van der Waals surface area contributed by atoms with Crippen molar-refractivity contribution < 1.29 is 41.5 Å². The van der Waals surface area contributed by atoms with Crippen LogP contribution in [0.4, 0.5) is 17.6 Å². The van der Waals surface area contributed by atoms with Crippen LogP contribution in [0, 0.1) is 12.7 Å². The first-order valence-electron chi connectivity index (χ1n) is 13.6. The third-order valence-electron chi connectivity index (χ3n) is 7.35. The number of aromatic nitrogens is 3. The number of nitrogens with zero attached hydrogens (tertiary/aromatic N) is 5. The fourth-order valence-corrected chi connectivity index (χ4v) is 5.92. The van der Waals surface area contributed by atoms with Crippen molar-refractivity contribution >= 4 is 28.9 Å². The van der Waals surface area contributed by atoms with Crippen LogP contribution >= 0.6 is 11.3 Å². The number of piperidine rings is 1. The summed E-state index contributed by atoms with van der Waals surface area (Å²) in [5, 5.41) is 10.6. The lowest BCUT2D eigenvalue weighted by Crippen LogP contribution is -2.40. The average molecular weight is 624 g/mol. The fourth-order valence-electron chi connectivity index (χ4n) is 4.92. The van der Waals surface area contributed by atoms with E-state index in [1.165, 1.54) is 37.5 Å². The maximum absolute atomic E-state index is 14.2. The minimum absolute atomic E-state index is 0.0239. The Kier molecular flexibility index (Phi) is 8.99. The highest BCUT2D eigenvalue weighted by atomic mass is 32.1. The standard InChI is InChI=1S/C28H29F4N5O5S/c1-16-11-24(28(30,31)32)34-37(16)14-25(38)36-8-5-17(6-9-36)26-33-22(15-43-26)21-13-19(42-35-21)7-10-41-23-4-3-18(12-20(23)29)27(39)40-2/h3-4,11-12,15,17,19H,5-10,13-14H2,1-2H3. The number of aryl methyl sites for hydroxylation is 1. The normalized spacial score (nSPS) is 17.5. The van der Waals surface area contributed by atoms with Gasteiger partial charge in [-0.1, -0.05) is 5.16 Å². The van der Waals surface area contributed by atoms with Gasteiger partial charge in [-0.2, -0.15) is 18.3 Å². The van der Waals surface area contributed by atoms with Crippen molar-refractivity contribution in [2.75, 3.05) is 26.8 Å². The number of thiazole rings is 1. The maximum Gasteiger partial charge on any atom is 0.435 e. The molecule has 0 spiro atoms. The quantitative estimate of drug-likeness (QED) is 0.245. The molecule has 0 aliphatic carbocycles. The summed E-state index contributed by atoms with van der Waals surface area (Å²) in [5.41, 5.74) is 0.799. The number of hydrogen-bond donors (Lipinski definition) is 0. The summed E-state index contributed by atoms with van der Waals surface area (Å²) in [6, 6.07) is 4.81. The molecule has 3 aromatic rings. The van der Waals surface area contributed by atoms with Gasteiger partial charge in [0.25, 0.3) is 0 Å². The van der Waals surface area contributed by atoms with Crippen LogP contribution in [0.15, 0.2) is 34.8 Å². The largest absolute Gasteiger partial charge is 0.490 e. The first-order valence-corrected chi connectivity index (χ1v) is 14.5. The number of methoxy groups -OCH3 is 1. The van der Waals surface area contributed by atoms with Gasteiger partial charge in [0, 0.05) is 42.9 Å². The number of hydrogen-bond acceptors (Lipinski definition) is 9. The molecule has 4 heterocycles. The number of halogens is 4. The van der Waals surface area contributed by atoms with E-state index in [0.717, 1.165) is 27.5 Å². The van der Waals surface area contributed by atoms with E-state index in [9.17, 15) is 27.2 Å². The van der Waals surface area contributed by atoms with Gasteiger partial charge in [0.05, 0.1) is 30.0 Å². The first kappa shape index (κ1) is 30.4. The van der Waals surface area contributed by atoms with Crippen molar-refractivity contribution in [2.24, 2.45) is 5.16 Å². The van der Waals surface area contributed by atoms with E-state index in [4.69, 9.17) is 14.6 Å². The zero-order chi connectivity index (χ0) is 30.7. The van der Waals surface area contributed by atoms with Crippen LogP contribution in [0.5, 0.6) is 5.75 Å². The fraction of sp³-hybridized carbons (Fsp3) is 0.464. The smallest absolute Gasteiger partial charge is 0.435 e. The molecule has 1 atom stereocenters. The Morgan fingerprint density at radius 1 is 1.19 bits per heavy atom. The highest BCUT2D eigenvalue weighted by Crippen LogP contribution is 2.32. The summed E-state index contributed by atoms with van der Waals surface area (Å²) in [5.74, 6) is -1.39. The number of amides is 1. The number of benzene rings is 1. The summed E-state index contributed by atoms with van der Waals surface area (Å²) in [6.45, 7) is 2.39. The van der Waals surface area contributed by atoms with E-state index in [-0.39, 0.29) is 48.1 Å². The van der Waals surface area contributed by atoms with Crippen LogP contribution in [0.25, 0.3) is 0 Å². The highest BCUT2D eigenvalue weighted by molar-refractivity contribution is 7.10. The number of rotatable bonds is 9. The Balaban J connectivity index is 1.07. The van der Waals surface area contributed by atoms with Crippen LogP contribution < -0.4 is 4.74 Å². The van der Waals surface area contributed by atoms with Crippen LogP contribution in [0.3, 0.4) is 0 Å². The molecule has 1 saturated heterocycles. The van der Waals surface area contributed by atoms with Crippen molar-refractivity contribution in [2.45, 2.75) is 57.3 Å². The SMILES string of the molecule is COC(=O)c1ccc(OCCC2CC(c3csc(C4CCN(C(=O)Cn5nc(C(F)(F)F)cc5C)CC4)n3)=NO2)c(F)c1. The summed E-state index contributed by atoms with van der Waals surface area (Å²) in [4.78, 5) is 36.2. The summed E-state index contributed by atoms with van der Waals surface area (Å²) >= 11 is 1.51. The number of alkyl halides is 3. The minimum Gasteiger partial charge on any atom is -0.490 e. The van der Waals surface area contributed by atoms with E-state index in [1.54, 1.807) is 4.90 Å². The number of carbonyl (C=O) groups is 2. The zero-order valence-electron chi connectivity index (χ0n) is 23.4. The molecule has 2 aromatic heterocycles. The molecule has 15 heteroatoms. The topological polar surface area (TPSA) is 108 Å². The van der Waals surface area contributed by atoms with Crippen LogP contribution in [0.1, 0.15) is 64.0 Å². The summed E-state index contributed by atoms with van der Waals surface area (Å²) in [6.07, 6.45) is -2.46. The molecule has 2 aliphatic rings. The second-order valence-corrected chi connectivity index (χ2v) is 11.2. The lowest BCUT2D eigenvalue weighted by atomic mass is 9.97. The zero-order valence-corrected chi connectivity index (χ0v) is 24.2. The van der Waals surface area contributed by atoms with Crippen LogP contribution in [-0.4, -0.2) is 70.2 Å². The molecule has 1 amide bonds. The number of likely N-dealkylation sites (tertiary alicyclic amines) is 1. The van der Waals surface area contributed by atoms with Crippen molar-refractivity contribution in [3.63, 3.8) is 0 Å². The average Bonchev–Trinajstić information content (AvgIpc) is 3.74. The number of oxime groups is 1. The van der Waals surface area contributed by atoms with Gasteiger partial charge < -0.3 is 19.2 Å². The van der Waals surface area contributed by atoms with Crippen molar-refractivity contribution in [1.29, 1.82) is 0 Å². The lowest BCUT2D eigenvalue weighted by molar-refractivity contribution is -0.142. The third kappa shape index (κ3) is 7.14. The van der Waals surface area contributed by atoms with E-state index in [1.807, 2.05) is 5.38 Å². The molecule has 43 heavy (non-hydrogen) atoms. The minimum atomic E-state index is -4.56. The van der Waals surface area contributed by atoms with Gasteiger partial charge >= 0.3 is 12.1 Å². The Hall–Kier alpha value is -4.01. The predicted octanol–water partition coefficient (Wildman–Crippen LogP) is 4.96. The second kappa shape index (κ2) is 12.7. The molecule has 230 valence electrons. The van der Waals surface area contributed by atoms with E-state index in [0.29, 0.717) is 44.5 Å².